The van der Waals surface area contributed by atoms with Crippen LogP contribution >= 0.6 is 11.3 Å². The van der Waals surface area contributed by atoms with Crippen molar-refractivity contribution < 1.29 is 14.3 Å². The zero-order chi connectivity index (χ0) is 11.5. The molecule has 0 saturated heterocycles. The fraction of sp³-hybridized carbons (Fsp3) is 0.182. The lowest BCUT2D eigenvalue weighted by atomic mass is 10.1. The largest absolute Gasteiger partial charge is 0.460 e. The van der Waals surface area contributed by atoms with Crippen LogP contribution in [-0.4, -0.2) is 23.3 Å². The third-order valence-electron chi connectivity index (χ3n) is 2.07. The molecule has 0 aliphatic heterocycles. The van der Waals surface area contributed by atoms with Gasteiger partial charge in [0.1, 0.15) is 0 Å². The van der Waals surface area contributed by atoms with Gasteiger partial charge >= 0.3 is 5.97 Å². The number of hydrogen-bond donors (Lipinski definition) is 0. The Kier molecular flexibility index (Phi) is 2.96. The van der Waals surface area contributed by atoms with E-state index in [-0.39, 0.29) is 6.61 Å². The zero-order valence-electron chi connectivity index (χ0n) is 8.60. The first-order valence-electron chi connectivity index (χ1n) is 4.77. The third kappa shape index (κ3) is 1.81. The maximum atomic E-state index is 11.7. The molecule has 0 N–H and O–H groups in total. The highest BCUT2D eigenvalue weighted by Crippen LogP contribution is 2.21. The number of hydrogen-bond acceptors (Lipinski definition) is 5. The zero-order valence-corrected chi connectivity index (χ0v) is 9.41. The van der Waals surface area contributed by atoms with Crippen molar-refractivity contribution in [3.8, 4) is 0 Å². The van der Waals surface area contributed by atoms with Gasteiger partial charge < -0.3 is 4.74 Å². The fourth-order valence-electron chi connectivity index (χ4n) is 1.38. The molecular weight excluding hydrogens is 226 g/mol. The molecular formula is C11H9NO3S. The average Bonchev–Trinajstić information content (AvgIpc) is 2.76. The Morgan fingerprint density at radius 3 is 3.00 bits per heavy atom. The highest BCUT2D eigenvalue weighted by molar-refractivity contribution is 7.16. The summed E-state index contributed by atoms with van der Waals surface area (Å²) < 4.78 is 5.56. The second kappa shape index (κ2) is 4.40. The van der Waals surface area contributed by atoms with Gasteiger partial charge in [-0.1, -0.05) is 6.07 Å². The summed E-state index contributed by atoms with van der Waals surface area (Å²) in [6.45, 7) is 1.85. The molecule has 0 aliphatic carbocycles. The molecule has 0 unspecified atom stereocenters. The monoisotopic (exact) mass is 235 g/mol. The molecule has 16 heavy (non-hydrogen) atoms. The second-order valence-electron chi connectivity index (χ2n) is 3.05. The molecule has 0 fully saturated rings. The van der Waals surface area contributed by atoms with Crippen LogP contribution in [0.15, 0.2) is 23.7 Å². The Bertz CT molecular complexity index is 547. The first-order valence-corrected chi connectivity index (χ1v) is 5.65. The minimum absolute atomic E-state index is 0.192. The number of esters is 1. The summed E-state index contributed by atoms with van der Waals surface area (Å²) in [5.41, 5.74) is 2.51. The van der Waals surface area contributed by atoms with Gasteiger partial charge in [-0.05, 0) is 19.1 Å². The first kappa shape index (κ1) is 10.8. The molecule has 4 nitrogen and oxygen atoms in total. The number of benzene rings is 1. The number of ether oxygens (including phenoxy) is 1. The van der Waals surface area contributed by atoms with Crippen LogP contribution in [0.5, 0.6) is 0 Å². The molecule has 5 heteroatoms. The van der Waals surface area contributed by atoms with E-state index < -0.39 is 11.8 Å². The summed E-state index contributed by atoms with van der Waals surface area (Å²) in [5, 5.41) is 0. The van der Waals surface area contributed by atoms with E-state index in [1.54, 1.807) is 24.6 Å². The Hall–Kier alpha value is -1.75. The van der Waals surface area contributed by atoms with Crippen molar-refractivity contribution in [2.75, 3.05) is 6.61 Å². The number of thiazole rings is 1. The molecule has 1 heterocycles. The van der Waals surface area contributed by atoms with Crippen molar-refractivity contribution in [3.63, 3.8) is 0 Å². The Morgan fingerprint density at radius 2 is 2.25 bits per heavy atom. The molecule has 2 rings (SSSR count). The van der Waals surface area contributed by atoms with Crippen LogP contribution in [0.3, 0.4) is 0 Å². The van der Waals surface area contributed by atoms with Crippen LogP contribution in [0.25, 0.3) is 10.2 Å². The lowest BCUT2D eigenvalue weighted by Crippen LogP contribution is -2.17. The number of nitrogens with zero attached hydrogens (tertiary/aromatic N) is 1. The van der Waals surface area contributed by atoms with E-state index in [4.69, 9.17) is 0 Å². The van der Waals surface area contributed by atoms with Gasteiger partial charge in [-0.3, -0.25) is 4.79 Å². The van der Waals surface area contributed by atoms with Crippen LogP contribution in [0.2, 0.25) is 0 Å². The summed E-state index contributed by atoms with van der Waals surface area (Å²) >= 11 is 1.43. The molecule has 0 spiro atoms. The lowest BCUT2D eigenvalue weighted by molar-refractivity contribution is -0.137. The number of Topliss-reactive ketones (excluding diaryl/α,β-unsaturated/α-hetero) is 1. The van der Waals surface area contributed by atoms with Crippen molar-refractivity contribution in [2.24, 2.45) is 0 Å². The van der Waals surface area contributed by atoms with E-state index in [0.29, 0.717) is 11.1 Å². The van der Waals surface area contributed by atoms with Gasteiger partial charge in [0.25, 0.3) is 5.78 Å². The molecule has 0 bridgehead atoms. The van der Waals surface area contributed by atoms with Gasteiger partial charge in [-0.25, -0.2) is 9.78 Å². The number of fused-ring (bicyclic) bond motifs is 1. The lowest BCUT2D eigenvalue weighted by Gasteiger charge is -2.01. The summed E-state index contributed by atoms with van der Waals surface area (Å²) in [7, 11) is 0. The number of aromatic nitrogens is 1. The average molecular weight is 235 g/mol. The molecule has 1 aromatic heterocycles. The maximum absolute atomic E-state index is 11.7. The summed E-state index contributed by atoms with van der Waals surface area (Å²) in [6.07, 6.45) is 0. The van der Waals surface area contributed by atoms with Gasteiger partial charge in [0.2, 0.25) is 0 Å². The number of rotatable bonds is 3. The highest BCUT2D eigenvalue weighted by Gasteiger charge is 2.20. The highest BCUT2D eigenvalue weighted by atomic mass is 32.1. The van der Waals surface area contributed by atoms with E-state index in [1.165, 1.54) is 11.3 Å². The van der Waals surface area contributed by atoms with Crippen LogP contribution in [0, 0.1) is 0 Å². The Labute approximate surface area is 95.9 Å². The quantitative estimate of drug-likeness (QED) is 0.464. The van der Waals surface area contributed by atoms with Crippen molar-refractivity contribution in [2.45, 2.75) is 6.92 Å². The Balaban J connectivity index is 2.43. The molecule has 2 aromatic rings. The van der Waals surface area contributed by atoms with Crippen molar-refractivity contribution >= 4 is 33.3 Å². The van der Waals surface area contributed by atoms with Crippen molar-refractivity contribution in [1.82, 2.24) is 4.98 Å². The minimum Gasteiger partial charge on any atom is -0.460 e. The molecule has 0 amide bonds. The third-order valence-corrected chi connectivity index (χ3v) is 2.86. The minimum atomic E-state index is -0.831. The topological polar surface area (TPSA) is 56.3 Å². The van der Waals surface area contributed by atoms with Gasteiger partial charge in [0.15, 0.2) is 0 Å². The SMILES string of the molecule is CCOC(=O)C(=O)c1cccc2scnc12. The van der Waals surface area contributed by atoms with Crippen LogP contribution in [0.4, 0.5) is 0 Å². The van der Waals surface area contributed by atoms with E-state index in [9.17, 15) is 9.59 Å². The first-order chi connectivity index (χ1) is 7.74. The number of carbonyl (C=O) groups excluding carboxylic acids is 2. The number of carbonyl (C=O) groups is 2. The van der Waals surface area contributed by atoms with Gasteiger partial charge in [-0.2, -0.15) is 0 Å². The normalized spacial score (nSPS) is 10.3. The predicted molar refractivity (Wildman–Crippen MR) is 60.6 cm³/mol. The summed E-state index contributed by atoms with van der Waals surface area (Å²) in [4.78, 5) is 27.1. The van der Waals surface area contributed by atoms with Crippen molar-refractivity contribution in [3.05, 3.63) is 29.3 Å². The predicted octanol–water partition coefficient (Wildman–Crippen LogP) is 2.04. The summed E-state index contributed by atoms with van der Waals surface area (Å²) in [5.74, 6) is -1.47. The standard InChI is InChI=1S/C11H9NO3S/c1-2-15-11(14)10(13)7-4-3-5-8-9(7)12-6-16-8/h3-6H,2H2,1H3. The summed E-state index contributed by atoms with van der Waals surface area (Å²) in [6, 6.07) is 5.17. The van der Waals surface area contributed by atoms with Gasteiger partial charge in [0, 0.05) is 0 Å². The van der Waals surface area contributed by atoms with E-state index in [2.05, 4.69) is 9.72 Å². The van der Waals surface area contributed by atoms with Crippen molar-refractivity contribution in [1.29, 1.82) is 0 Å². The Morgan fingerprint density at radius 1 is 1.44 bits per heavy atom. The fourth-order valence-corrected chi connectivity index (χ4v) is 2.08. The molecule has 0 saturated carbocycles. The van der Waals surface area contributed by atoms with Gasteiger partial charge in [0.05, 0.1) is 27.9 Å². The number of ketones is 1. The van der Waals surface area contributed by atoms with Crippen LogP contribution < -0.4 is 0 Å². The molecule has 1 aromatic carbocycles. The maximum Gasteiger partial charge on any atom is 0.379 e. The van der Waals surface area contributed by atoms with E-state index >= 15 is 0 Å². The molecule has 0 radical (unpaired) electrons. The molecule has 0 aliphatic rings. The van der Waals surface area contributed by atoms with E-state index in [1.807, 2.05) is 6.07 Å². The van der Waals surface area contributed by atoms with E-state index in [0.717, 1.165) is 4.70 Å². The molecule has 82 valence electrons. The van der Waals surface area contributed by atoms with Crippen LogP contribution in [-0.2, 0) is 9.53 Å². The molecule has 0 atom stereocenters. The second-order valence-corrected chi connectivity index (χ2v) is 3.94. The number of para-hydroxylation sites is 1. The van der Waals surface area contributed by atoms with Crippen LogP contribution in [0.1, 0.15) is 17.3 Å². The smallest absolute Gasteiger partial charge is 0.379 e. The van der Waals surface area contributed by atoms with Gasteiger partial charge in [-0.15, -0.1) is 11.3 Å².